The molecule has 1 fully saturated rings. The van der Waals surface area contributed by atoms with Crippen LogP contribution >= 0.6 is 0 Å². The van der Waals surface area contributed by atoms with Gasteiger partial charge in [-0.2, -0.15) is 0 Å². The number of nitrogens with two attached hydrogens (primary N) is 1. The van der Waals surface area contributed by atoms with Crippen LogP contribution in [0.2, 0.25) is 0 Å². The number of carbonyl (C=O) groups excluding carboxylic acids is 2. The average molecular weight is 248 g/mol. The first-order chi connectivity index (χ1) is 8.58. The lowest BCUT2D eigenvalue weighted by molar-refractivity contribution is -0.120. The summed E-state index contributed by atoms with van der Waals surface area (Å²) in [5.74, 6) is 0.439. The van der Waals surface area contributed by atoms with Gasteiger partial charge in [-0.05, 0) is 25.0 Å². The van der Waals surface area contributed by atoms with Crippen LogP contribution < -0.4 is 10.6 Å². The number of nitrogens with zero attached hydrogens (tertiary/aromatic N) is 3. The molecule has 1 aliphatic rings. The molecule has 0 aliphatic heterocycles. The van der Waals surface area contributed by atoms with Crippen LogP contribution in [0.15, 0.2) is 12.1 Å². The smallest absolute Gasteiger partial charge is 0.269 e. The molecule has 18 heavy (non-hydrogen) atoms. The van der Waals surface area contributed by atoms with Crippen LogP contribution in [0.4, 0.5) is 5.82 Å². The number of aromatic nitrogens is 2. The maximum Gasteiger partial charge on any atom is 0.269 e. The zero-order chi connectivity index (χ0) is 13.1. The van der Waals surface area contributed by atoms with E-state index in [0.29, 0.717) is 30.5 Å². The van der Waals surface area contributed by atoms with Crippen molar-refractivity contribution in [3.8, 4) is 0 Å². The zero-order valence-corrected chi connectivity index (χ0v) is 10.3. The molecule has 2 N–H and O–H groups in total. The molecule has 1 aliphatic carbocycles. The first kappa shape index (κ1) is 12.5. The number of carbonyl (C=O) groups is 2. The van der Waals surface area contributed by atoms with Crippen LogP contribution in [0.5, 0.6) is 0 Å². The fourth-order valence-corrected chi connectivity index (χ4v) is 2.14. The van der Waals surface area contributed by atoms with Crippen molar-refractivity contribution in [2.24, 2.45) is 5.73 Å². The van der Waals surface area contributed by atoms with E-state index in [9.17, 15) is 9.59 Å². The van der Waals surface area contributed by atoms with Gasteiger partial charge >= 0.3 is 0 Å². The van der Waals surface area contributed by atoms with Crippen molar-refractivity contribution in [2.75, 3.05) is 11.9 Å². The van der Waals surface area contributed by atoms with E-state index in [1.165, 1.54) is 0 Å². The van der Waals surface area contributed by atoms with Crippen molar-refractivity contribution >= 4 is 17.5 Å². The molecule has 1 aromatic heterocycles. The SMILES string of the molecule is CN(c1ccc(C(N)=O)nn1)C1CCC(=O)CC1. The van der Waals surface area contributed by atoms with E-state index in [4.69, 9.17) is 5.73 Å². The van der Waals surface area contributed by atoms with Gasteiger partial charge in [0.2, 0.25) is 0 Å². The quantitative estimate of drug-likeness (QED) is 0.842. The number of hydrogen-bond acceptors (Lipinski definition) is 5. The highest BCUT2D eigenvalue weighted by Gasteiger charge is 2.23. The number of hydrogen-bond donors (Lipinski definition) is 1. The third kappa shape index (κ3) is 2.64. The summed E-state index contributed by atoms with van der Waals surface area (Å²) in [6.45, 7) is 0. The molecular formula is C12H16N4O2. The summed E-state index contributed by atoms with van der Waals surface area (Å²) < 4.78 is 0. The second kappa shape index (κ2) is 5.12. The minimum atomic E-state index is -0.583. The molecule has 0 aromatic carbocycles. The first-order valence-corrected chi connectivity index (χ1v) is 5.96. The van der Waals surface area contributed by atoms with E-state index in [1.54, 1.807) is 12.1 Å². The fraction of sp³-hybridized carbons (Fsp3) is 0.500. The van der Waals surface area contributed by atoms with Gasteiger partial charge in [-0.1, -0.05) is 0 Å². The van der Waals surface area contributed by atoms with Crippen molar-refractivity contribution in [2.45, 2.75) is 31.7 Å². The maximum atomic E-state index is 11.2. The Balaban J connectivity index is 2.06. The Morgan fingerprint density at radius 2 is 2.00 bits per heavy atom. The van der Waals surface area contributed by atoms with E-state index in [-0.39, 0.29) is 5.69 Å². The second-order valence-electron chi connectivity index (χ2n) is 4.52. The van der Waals surface area contributed by atoms with Gasteiger partial charge in [0.1, 0.15) is 5.78 Å². The van der Waals surface area contributed by atoms with Crippen molar-refractivity contribution in [3.05, 3.63) is 17.8 Å². The second-order valence-corrected chi connectivity index (χ2v) is 4.52. The summed E-state index contributed by atoms with van der Waals surface area (Å²) in [5, 5.41) is 7.76. The highest BCUT2D eigenvalue weighted by atomic mass is 16.1. The predicted octanol–water partition coefficient (Wildman–Crippen LogP) is 0.523. The van der Waals surface area contributed by atoms with Gasteiger partial charge < -0.3 is 10.6 Å². The molecule has 0 saturated heterocycles. The van der Waals surface area contributed by atoms with Crippen LogP contribution in [-0.2, 0) is 4.79 Å². The molecule has 0 spiro atoms. The zero-order valence-electron chi connectivity index (χ0n) is 10.3. The Labute approximate surface area is 105 Å². The molecule has 1 aromatic rings. The Hall–Kier alpha value is -1.98. The van der Waals surface area contributed by atoms with Crippen molar-refractivity contribution in [3.63, 3.8) is 0 Å². The maximum absolute atomic E-state index is 11.2. The number of ketones is 1. The first-order valence-electron chi connectivity index (χ1n) is 5.96. The molecule has 0 unspecified atom stereocenters. The largest absolute Gasteiger partial charge is 0.364 e. The fourth-order valence-electron chi connectivity index (χ4n) is 2.14. The van der Waals surface area contributed by atoms with Crippen LogP contribution in [-0.4, -0.2) is 35.0 Å². The van der Waals surface area contributed by atoms with Crippen molar-refractivity contribution in [1.29, 1.82) is 0 Å². The molecule has 0 radical (unpaired) electrons. The standard InChI is InChI=1S/C12H16N4O2/c1-16(8-2-4-9(17)5-3-8)11-7-6-10(12(13)18)14-15-11/h6-8H,2-5H2,1H3,(H2,13,18). The van der Waals surface area contributed by atoms with E-state index in [2.05, 4.69) is 10.2 Å². The van der Waals surface area contributed by atoms with E-state index in [1.807, 2.05) is 11.9 Å². The van der Waals surface area contributed by atoms with Gasteiger partial charge in [-0.25, -0.2) is 0 Å². The molecule has 6 heteroatoms. The molecule has 96 valence electrons. The normalized spacial score (nSPS) is 16.6. The van der Waals surface area contributed by atoms with Gasteiger partial charge in [0.15, 0.2) is 11.5 Å². The van der Waals surface area contributed by atoms with Gasteiger partial charge in [-0.3, -0.25) is 9.59 Å². The number of anilines is 1. The van der Waals surface area contributed by atoms with Crippen molar-refractivity contribution in [1.82, 2.24) is 10.2 Å². The minimum absolute atomic E-state index is 0.158. The Morgan fingerprint density at radius 1 is 1.33 bits per heavy atom. The van der Waals surface area contributed by atoms with E-state index < -0.39 is 5.91 Å². The lowest BCUT2D eigenvalue weighted by Crippen LogP contribution is -2.36. The predicted molar refractivity (Wildman–Crippen MR) is 66.2 cm³/mol. The molecule has 1 heterocycles. The monoisotopic (exact) mass is 248 g/mol. The summed E-state index contributed by atoms with van der Waals surface area (Å²) in [7, 11) is 1.93. The minimum Gasteiger partial charge on any atom is -0.364 e. The van der Waals surface area contributed by atoms with Crippen LogP contribution in [0.3, 0.4) is 0 Å². The third-order valence-electron chi connectivity index (χ3n) is 3.32. The Morgan fingerprint density at radius 3 is 2.50 bits per heavy atom. The summed E-state index contributed by atoms with van der Waals surface area (Å²) in [5.41, 5.74) is 5.26. The molecule has 6 nitrogen and oxygen atoms in total. The van der Waals surface area contributed by atoms with E-state index in [0.717, 1.165) is 12.8 Å². The van der Waals surface area contributed by atoms with Gasteiger partial charge in [0, 0.05) is 25.9 Å². The Kier molecular flexibility index (Phi) is 3.55. The highest BCUT2D eigenvalue weighted by molar-refractivity contribution is 5.90. The number of primary amides is 1. The number of Topliss-reactive ketones (excluding diaryl/α,β-unsaturated/α-hetero) is 1. The number of amides is 1. The van der Waals surface area contributed by atoms with Crippen LogP contribution in [0.25, 0.3) is 0 Å². The summed E-state index contributed by atoms with van der Waals surface area (Å²) in [6.07, 6.45) is 2.94. The molecular weight excluding hydrogens is 232 g/mol. The Bertz CT molecular complexity index is 448. The number of rotatable bonds is 3. The van der Waals surface area contributed by atoms with Crippen LogP contribution in [0, 0.1) is 0 Å². The summed E-state index contributed by atoms with van der Waals surface area (Å²) >= 11 is 0. The topological polar surface area (TPSA) is 89.2 Å². The highest BCUT2D eigenvalue weighted by Crippen LogP contribution is 2.22. The molecule has 0 bridgehead atoms. The van der Waals surface area contributed by atoms with Crippen LogP contribution in [0.1, 0.15) is 36.2 Å². The molecule has 2 rings (SSSR count). The van der Waals surface area contributed by atoms with Gasteiger partial charge in [0.25, 0.3) is 5.91 Å². The lowest BCUT2D eigenvalue weighted by atomic mass is 9.93. The van der Waals surface area contributed by atoms with E-state index >= 15 is 0 Å². The summed E-state index contributed by atoms with van der Waals surface area (Å²) in [6, 6.07) is 3.59. The average Bonchev–Trinajstić information content (AvgIpc) is 2.39. The van der Waals surface area contributed by atoms with Crippen molar-refractivity contribution < 1.29 is 9.59 Å². The van der Waals surface area contributed by atoms with Gasteiger partial charge in [-0.15, -0.1) is 10.2 Å². The third-order valence-corrected chi connectivity index (χ3v) is 3.32. The summed E-state index contributed by atoms with van der Waals surface area (Å²) in [4.78, 5) is 24.1. The molecule has 1 amide bonds. The molecule has 1 saturated carbocycles. The lowest BCUT2D eigenvalue weighted by Gasteiger charge is -2.31. The molecule has 0 atom stereocenters. The van der Waals surface area contributed by atoms with Gasteiger partial charge in [0.05, 0.1) is 0 Å².